The number of carbonyl (C=O) groups is 1. The Morgan fingerprint density at radius 3 is 2.29 bits per heavy atom. The van der Waals surface area contributed by atoms with E-state index >= 15 is 0 Å². The molecule has 8 nitrogen and oxygen atoms in total. The van der Waals surface area contributed by atoms with Crippen molar-refractivity contribution >= 4 is 27.3 Å². The predicted octanol–water partition coefficient (Wildman–Crippen LogP) is 4.74. The number of benzene rings is 2. The van der Waals surface area contributed by atoms with Crippen LogP contribution in [-0.4, -0.2) is 81.9 Å². The maximum atomic E-state index is 13.9. The van der Waals surface area contributed by atoms with Crippen LogP contribution in [-0.2, 0) is 27.8 Å². The predicted molar refractivity (Wildman–Crippen MR) is 163 cm³/mol. The second-order valence-electron chi connectivity index (χ2n) is 10.5. The summed E-state index contributed by atoms with van der Waals surface area (Å²) in [6.07, 6.45) is 2.83. The van der Waals surface area contributed by atoms with Crippen molar-refractivity contribution in [3.05, 3.63) is 75.5 Å². The number of methoxy groups -OCH3 is 2. The second-order valence-corrected chi connectivity index (χ2v) is 13.4. The molecule has 41 heavy (non-hydrogen) atoms. The molecule has 0 radical (unpaired) electrons. The third kappa shape index (κ3) is 8.09. The molecule has 1 fully saturated rings. The number of hydrogen-bond acceptors (Lipinski definition) is 7. The molecule has 1 amide bonds. The molecule has 0 bridgehead atoms. The minimum atomic E-state index is -3.86. The number of carbonyl (C=O) groups excluding carboxylic acids is 1. The Balaban J connectivity index is 1.56. The molecule has 2 aromatic carbocycles. The number of rotatable bonds is 14. The number of likely N-dealkylation sites (tertiary alicyclic amines) is 1. The summed E-state index contributed by atoms with van der Waals surface area (Å²) in [5.41, 5.74) is 3.11. The van der Waals surface area contributed by atoms with Gasteiger partial charge in [0.05, 0.1) is 32.2 Å². The molecular formula is C31H41N3O5S2. The molecule has 10 heteroatoms. The highest BCUT2D eigenvalue weighted by Gasteiger charge is 2.29. The molecule has 1 aliphatic rings. The van der Waals surface area contributed by atoms with Crippen LogP contribution in [0.3, 0.4) is 0 Å². The summed E-state index contributed by atoms with van der Waals surface area (Å²) in [5, 5.41) is 2.02. The van der Waals surface area contributed by atoms with Crippen molar-refractivity contribution in [1.82, 2.24) is 14.1 Å². The zero-order valence-electron chi connectivity index (χ0n) is 24.5. The van der Waals surface area contributed by atoms with Gasteiger partial charge in [-0.1, -0.05) is 23.8 Å². The Morgan fingerprint density at radius 1 is 0.951 bits per heavy atom. The summed E-state index contributed by atoms with van der Waals surface area (Å²) in [5.74, 6) is 1.07. The smallest absolute Gasteiger partial charge is 0.243 e. The van der Waals surface area contributed by atoms with E-state index in [2.05, 4.69) is 4.90 Å². The van der Waals surface area contributed by atoms with E-state index in [1.807, 2.05) is 43.5 Å². The van der Waals surface area contributed by atoms with Crippen LogP contribution in [0, 0.1) is 13.8 Å². The van der Waals surface area contributed by atoms with Crippen LogP contribution in [0.25, 0.3) is 0 Å². The summed E-state index contributed by atoms with van der Waals surface area (Å²) >= 11 is 1.61. The van der Waals surface area contributed by atoms with Gasteiger partial charge in [0.1, 0.15) is 0 Å². The highest BCUT2D eigenvalue weighted by molar-refractivity contribution is 7.89. The average molecular weight is 600 g/mol. The van der Waals surface area contributed by atoms with Gasteiger partial charge in [-0.05, 0) is 93.0 Å². The van der Waals surface area contributed by atoms with E-state index in [9.17, 15) is 13.2 Å². The number of hydrogen-bond donors (Lipinski definition) is 0. The van der Waals surface area contributed by atoms with Crippen molar-refractivity contribution in [2.75, 3.05) is 53.5 Å². The number of ether oxygens (including phenoxy) is 2. The van der Waals surface area contributed by atoms with Gasteiger partial charge in [0.15, 0.2) is 11.5 Å². The van der Waals surface area contributed by atoms with E-state index in [1.165, 1.54) is 4.31 Å². The van der Waals surface area contributed by atoms with E-state index in [0.717, 1.165) is 47.5 Å². The van der Waals surface area contributed by atoms with E-state index in [4.69, 9.17) is 9.47 Å². The first-order chi connectivity index (χ1) is 19.7. The van der Waals surface area contributed by atoms with Crippen LogP contribution >= 0.6 is 11.3 Å². The summed E-state index contributed by atoms with van der Waals surface area (Å²) in [6, 6.07) is 14.6. The van der Waals surface area contributed by atoms with Gasteiger partial charge in [0.25, 0.3) is 0 Å². The molecule has 3 aromatic rings. The number of thiophene rings is 1. The standard InChI is InChI=1S/C31H41N3O5S2/c1-24-7-10-27(11-8-24)41(36,37)34(19-18-32-15-5-6-16-32)23-31(35)33(22-30-25(2)14-20-40-30)17-13-26-9-12-28(38-3)29(21-26)39-4/h7-12,14,20-21H,5-6,13,15-19,22-23H2,1-4H3. The number of amides is 1. The van der Waals surface area contributed by atoms with Gasteiger partial charge >= 0.3 is 0 Å². The second kappa shape index (κ2) is 14.3. The lowest BCUT2D eigenvalue weighted by Crippen LogP contribution is -2.45. The zero-order valence-corrected chi connectivity index (χ0v) is 26.1. The normalized spacial score (nSPS) is 14.0. The Hall–Kier alpha value is -2.92. The van der Waals surface area contributed by atoms with E-state index in [0.29, 0.717) is 37.6 Å². The molecule has 1 aromatic heterocycles. The third-order valence-corrected chi connectivity index (χ3v) is 10.5. The lowest BCUT2D eigenvalue weighted by Gasteiger charge is -2.28. The molecule has 1 saturated heterocycles. The van der Waals surface area contributed by atoms with Gasteiger partial charge in [0, 0.05) is 24.5 Å². The quantitative estimate of drug-likeness (QED) is 0.266. The molecule has 0 aliphatic carbocycles. The van der Waals surface area contributed by atoms with Crippen LogP contribution < -0.4 is 9.47 Å². The van der Waals surface area contributed by atoms with Gasteiger partial charge in [-0.25, -0.2) is 8.42 Å². The summed E-state index contributed by atoms with van der Waals surface area (Å²) in [4.78, 5) is 19.3. The molecule has 0 spiro atoms. The third-order valence-electron chi connectivity index (χ3n) is 7.61. The first-order valence-corrected chi connectivity index (χ1v) is 16.3. The fourth-order valence-electron chi connectivity index (χ4n) is 4.99. The van der Waals surface area contributed by atoms with Gasteiger partial charge < -0.3 is 19.3 Å². The minimum absolute atomic E-state index is 0.208. The van der Waals surface area contributed by atoms with Crippen LogP contribution in [0.1, 0.15) is 34.4 Å². The van der Waals surface area contributed by atoms with Crippen LogP contribution in [0.4, 0.5) is 0 Å². The molecule has 222 valence electrons. The maximum absolute atomic E-state index is 13.9. The lowest BCUT2D eigenvalue weighted by atomic mass is 10.1. The SMILES string of the molecule is COc1ccc(CCN(Cc2sccc2C)C(=O)CN(CCN2CCCC2)S(=O)(=O)c2ccc(C)cc2)cc1OC. The highest BCUT2D eigenvalue weighted by atomic mass is 32.2. The largest absolute Gasteiger partial charge is 0.493 e. The van der Waals surface area contributed by atoms with Crippen molar-refractivity contribution in [3.63, 3.8) is 0 Å². The minimum Gasteiger partial charge on any atom is -0.493 e. The molecule has 0 atom stereocenters. The molecule has 0 N–H and O–H groups in total. The fraction of sp³-hybridized carbons (Fsp3) is 0.452. The summed E-state index contributed by atoms with van der Waals surface area (Å²) in [6.45, 7) is 7.41. The average Bonchev–Trinajstić information content (AvgIpc) is 3.64. The van der Waals surface area contributed by atoms with Crippen LogP contribution in [0.2, 0.25) is 0 Å². The molecule has 1 aliphatic heterocycles. The summed E-state index contributed by atoms with van der Waals surface area (Å²) in [7, 11) is -0.663. The lowest BCUT2D eigenvalue weighted by molar-refractivity contribution is -0.132. The van der Waals surface area contributed by atoms with E-state index in [1.54, 1.807) is 54.7 Å². The number of aryl methyl sites for hydroxylation is 2. The maximum Gasteiger partial charge on any atom is 0.243 e. The molecule has 2 heterocycles. The van der Waals surface area contributed by atoms with Crippen LogP contribution in [0.15, 0.2) is 58.8 Å². The Morgan fingerprint density at radius 2 is 1.66 bits per heavy atom. The molecule has 0 unspecified atom stereocenters. The molecule has 0 saturated carbocycles. The van der Waals surface area contributed by atoms with Gasteiger partial charge in [-0.2, -0.15) is 4.31 Å². The van der Waals surface area contributed by atoms with Gasteiger partial charge in [0.2, 0.25) is 15.9 Å². The van der Waals surface area contributed by atoms with Gasteiger partial charge in [-0.15, -0.1) is 11.3 Å². The first kappa shape index (κ1) is 31.0. The van der Waals surface area contributed by atoms with E-state index in [-0.39, 0.29) is 23.9 Å². The fourth-order valence-corrected chi connectivity index (χ4v) is 7.29. The molecular weight excluding hydrogens is 558 g/mol. The molecule has 4 rings (SSSR count). The van der Waals surface area contributed by atoms with Gasteiger partial charge in [-0.3, -0.25) is 4.79 Å². The Labute approximate surface area is 248 Å². The van der Waals surface area contributed by atoms with Crippen molar-refractivity contribution in [2.24, 2.45) is 0 Å². The summed E-state index contributed by atoms with van der Waals surface area (Å²) < 4.78 is 39.8. The van der Waals surface area contributed by atoms with Crippen molar-refractivity contribution in [2.45, 2.75) is 44.6 Å². The van der Waals surface area contributed by atoms with Crippen molar-refractivity contribution in [1.29, 1.82) is 0 Å². The highest BCUT2D eigenvalue weighted by Crippen LogP contribution is 2.28. The monoisotopic (exact) mass is 599 g/mol. The van der Waals surface area contributed by atoms with Crippen molar-refractivity contribution < 1.29 is 22.7 Å². The van der Waals surface area contributed by atoms with Crippen molar-refractivity contribution in [3.8, 4) is 11.5 Å². The van der Waals surface area contributed by atoms with E-state index < -0.39 is 10.0 Å². The first-order valence-electron chi connectivity index (χ1n) is 14.0. The Bertz CT molecular complexity index is 1400. The number of sulfonamides is 1. The number of nitrogens with zero attached hydrogens (tertiary/aromatic N) is 3. The zero-order chi connectivity index (χ0) is 29.4. The Kier molecular flexibility index (Phi) is 10.8. The topological polar surface area (TPSA) is 79.4 Å². The van der Waals surface area contributed by atoms with Crippen LogP contribution in [0.5, 0.6) is 11.5 Å².